The molecular weight excluding hydrogens is 458 g/mol. The number of aromatic carboxylic acids is 1. The number of nitrogens with zero attached hydrogens (tertiary/aromatic N) is 1. The maximum absolute atomic E-state index is 12.6. The summed E-state index contributed by atoms with van der Waals surface area (Å²) in [5.74, 6) is -1.07. The van der Waals surface area contributed by atoms with Gasteiger partial charge in [0.15, 0.2) is 14.0 Å². The molecule has 9 heteroatoms. The first-order valence-corrected chi connectivity index (χ1v) is 16.6. The smallest absolute Gasteiger partial charge is 0.357 e. The van der Waals surface area contributed by atoms with E-state index in [-0.39, 0.29) is 41.4 Å². The van der Waals surface area contributed by atoms with Crippen LogP contribution in [-0.4, -0.2) is 44.3 Å². The van der Waals surface area contributed by atoms with Crippen LogP contribution in [0.5, 0.6) is 0 Å². The molecule has 0 amide bonds. The molecule has 0 aliphatic carbocycles. The number of rotatable bonds is 9. The molecule has 0 aliphatic rings. The van der Waals surface area contributed by atoms with E-state index in [1.165, 1.54) is 0 Å². The second kappa shape index (κ2) is 9.19. The number of hydrogen-bond acceptors (Lipinski definition) is 5. The lowest BCUT2D eigenvalue weighted by Gasteiger charge is -2.38. The third-order valence-corrected chi connectivity index (χ3v) is 11.4. The zero-order valence-electron chi connectivity index (χ0n) is 18.1. The lowest BCUT2D eigenvalue weighted by molar-refractivity contribution is -0.119. The van der Waals surface area contributed by atoms with Crippen molar-refractivity contribution in [3.05, 3.63) is 22.6 Å². The summed E-state index contributed by atoms with van der Waals surface area (Å²) in [6.45, 7) is 16.7. The highest BCUT2D eigenvalue weighted by Gasteiger charge is 2.39. The number of carbonyl (C=O) groups is 2. The van der Waals surface area contributed by atoms with Crippen LogP contribution in [0.4, 0.5) is 0 Å². The first kappa shape index (κ1) is 25.0. The van der Waals surface area contributed by atoms with Crippen molar-refractivity contribution in [1.29, 1.82) is 0 Å². The van der Waals surface area contributed by atoms with Gasteiger partial charge in [-0.2, -0.15) is 0 Å². The van der Waals surface area contributed by atoms with Gasteiger partial charge in [0.05, 0.1) is 12.5 Å². The van der Waals surface area contributed by atoms with Gasteiger partial charge in [0, 0.05) is 6.42 Å². The average Bonchev–Trinajstić information content (AvgIpc) is 2.89. The highest BCUT2D eigenvalue weighted by atomic mass is 79.9. The molecule has 0 aliphatic heterocycles. The number of carboxylic acid groups (broad SMARTS) is 1. The molecule has 1 atom stereocenters. The Bertz CT molecular complexity index is 744. The maximum Gasteiger partial charge on any atom is 0.357 e. The van der Waals surface area contributed by atoms with Crippen LogP contribution in [0.3, 0.4) is 0 Å². The SMILES string of the molecule is CC(C)(C)[Si](C)(C)O[C@H](/C=C/Br)CC(=O)Cc1nc(C(=O)O)c([Si](C)(C)C)o1. The van der Waals surface area contributed by atoms with Crippen molar-refractivity contribution < 1.29 is 23.5 Å². The third kappa shape index (κ3) is 6.79. The Hall–Kier alpha value is -1.04. The molecule has 0 saturated carbocycles. The van der Waals surface area contributed by atoms with E-state index in [0.717, 1.165) is 0 Å². The van der Waals surface area contributed by atoms with Gasteiger partial charge in [-0.05, 0) is 29.2 Å². The van der Waals surface area contributed by atoms with E-state index in [1.807, 2.05) is 25.7 Å². The first-order valence-electron chi connectivity index (χ1n) is 9.28. The van der Waals surface area contributed by atoms with Crippen LogP contribution in [0.1, 0.15) is 43.6 Å². The van der Waals surface area contributed by atoms with Gasteiger partial charge in [-0.25, -0.2) is 9.78 Å². The van der Waals surface area contributed by atoms with Gasteiger partial charge in [0.2, 0.25) is 5.89 Å². The highest BCUT2D eigenvalue weighted by Crippen LogP contribution is 2.37. The minimum Gasteiger partial charge on any atom is -0.476 e. The number of aromatic nitrogens is 1. The Labute approximate surface area is 178 Å². The van der Waals surface area contributed by atoms with E-state index >= 15 is 0 Å². The van der Waals surface area contributed by atoms with Gasteiger partial charge in [0.1, 0.15) is 19.2 Å². The molecule has 0 aromatic carbocycles. The number of hydrogen-bond donors (Lipinski definition) is 1. The fourth-order valence-electron chi connectivity index (χ4n) is 2.34. The number of oxazole rings is 1. The Balaban J connectivity index is 2.96. The zero-order chi connectivity index (χ0) is 21.9. The molecule has 28 heavy (non-hydrogen) atoms. The minimum atomic E-state index is -2.04. The summed E-state index contributed by atoms with van der Waals surface area (Å²) in [5, 5.41) is 9.82. The molecule has 0 fully saturated rings. The molecule has 0 saturated heterocycles. The van der Waals surface area contributed by atoms with E-state index in [0.29, 0.717) is 5.38 Å². The van der Waals surface area contributed by atoms with E-state index in [9.17, 15) is 14.7 Å². The van der Waals surface area contributed by atoms with Crippen molar-refractivity contribution in [1.82, 2.24) is 4.98 Å². The molecule has 158 valence electrons. The molecule has 1 aromatic heterocycles. The van der Waals surface area contributed by atoms with Crippen molar-refractivity contribution in [3.8, 4) is 0 Å². The number of carboxylic acids is 1. The van der Waals surface area contributed by atoms with E-state index in [2.05, 4.69) is 54.8 Å². The lowest BCUT2D eigenvalue weighted by Crippen LogP contribution is -2.44. The number of Topliss-reactive ketones (excluding diaryl/α,β-unsaturated/α-hetero) is 1. The monoisotopic (exact) mass is 489 g/mol. The van der Waals surface area contributed by atoms with E-state index in [4.69, 9.17) is 8.84 Å². The van der Waals surface area contributed by atoms with Gasteiger partial charge < -0.3 is 13.9 Å². The lowest BCUT2D eigenvalue weighted by atomic mass is 10.1. The van der Waals surface area contributed by atoms with E-state index in [1.54, 1.807) is 4.99 Å². The minimum absolute atomic E-state index is 0.0274. The summed E-state index contributed by atoms with van der Waals surface area (Å²) < 4.78 is 12.0. The largest absolute Gasteiger partial charge is 0.476 e. The van der Waals surface area contributed by atoms with Gasteiger partial charge in [-0.3, -0.25) is 4.79 Å². The molecule has 0 radical (unpaired) electrons. The normalized spacial score (nSPS) is 14.5. The van der Waals surface area contributed by atoms with E-state index < -0.39 is 22.4 Å². The molecule has 6 nitrogen and oxygen atoms in total. The molecular formula is C19H32BrNO5Si2. The number of ketones is 1. The molecule has 1 N–H and O–H groups in total. The first-order chi connectivity index (χ1) is 12.6. The highest BCUT2D eigenvalue weighted by molar-refractivity contribution is 9.11. The predicted octanol–water partition coefficient (Wildman–Crippen LogP) is 4.72. The van der Waals surface area contributed by atoms with Crippen LogP contribution in [0.25, 0.3) is 0 Å². The van der Waals surface area contributed by atoms with Crippen LogP contribution in [-0.2, 0) is 15.6 Å². The Morgan fingerprint density at radius 3 is 2.21 bits per heavy atom. The quantitative estimate of drug-likeness (QED) is 0.504. The second-order valence-electron chi connectivity index (χ2n) is 9.50. The van der Waals surface area contributed by atoms with Crippen LogP contribution in [0.15, 0.2) is 15.5 Å². The molecule has 0 unspecified atom stereocenters. The van der Waals surface area contributed by atoms with Crippen molar-refractivity contribution in [3.63, 3.8) is 0 Å². The van der Waals surface area contributed by atoms with Crippen molar-refractivity contribution in [2.75, 3.05) is 0 Å². The van der Waals surface area contributed by atoms with Crippen LogP contribution in [0.2, 0.25) is 37.8 Å². The van der Waals surface area contributed by atoms with Crippen LogP contribution in [0, 0.1) is 0 Å². The van der Waals surface area contributed by atoms with Crippen molar-refractivity contribution >= 4 is 49.5 Å². The summed E-state index contributed by atoms with van der Waals surface area (Å²) in [4.78, 5) is 29.9. The molecule has 1 rings (SSSR count). The number of halogens is 1. The summed E-state index contributed by atoms with van der Waals surface area (Å²) >= 11 is 3.27. The Kier molecular flexibility index (Phi) is 8.20. The molecule has 0 spiro atoms. The Morgan fingerprint density at radius 1 is 1.25 bits per heavy atom. The number of carbonyl (C=O) groups excluding carboxylic acids is 1. The fourth-order valence-corrected chi connectivity index (χ4v) is 5.25. The van der Waals surface area contributed by atoms with Gasteiger partial charge >= 0.3 is 5.97 Å². The predicted molar refractivity (Wildman–Crippen MR) is 120 cm³/mol. The Morgan fingerprint density at radius 2 is 1.82 bits per heavy atom. The second-order valence-corrected chi connectivity index (χ2v) is 19.7. The summed E-state index contributed by atoms with van der Waals surface area (Å²) in [6, 6.07) is 0. The fraction of sp³-hybridized carbons (Fsp3) is 0.632. The maximum atomic E-state index is 12.6. The topological polar surface area (TPSA) is 89.6 Å². The van der Waals surface area contributed by atoms with Crippen LogP contribution >= 0.6 is 15.9 Å². The molecule has 0 bridgehead atoms. The summed E-state index contributed by atoms with van der Waals surface area (Å²) in [6.07, 6.45) is 1.61. The average molecular weight is 491 g/mol. The standard InChI is InChI=1S/C19H32BrNO5Si2/c1-19(2,3)28(7,8)26-14(9-10-20)11-13(22)12-15-21-16(17(23)24)18(25-15)27(4,5)6/h9-10,14H,11-12H2,1-8H3,(H,23,24)/b10-9+/t14-/m1/s1. The van der Waals surface area contributed by atoms with Crippen LogP contribution < -0.4 is 5.38 Å². The summed E-state index contributed by atoms with van der Waals surface area (Å²) in [7, 11) is -4.07. The van der Waals surface area contributed by atoms with Gasteiger partial charge in [0.25, 0.3) is 0 Å². The summed E-state index contributed by atoms with van der Waals surface area (Å²) in [5.41, 5.74) is -0.0728. The third-order valence-electron chi connectivity index (χ3n) is 4.87. The molecule has 1 aromatic rings. The van der Waals surface area contributed by atoms with Gasteiger partial charge in [-0.15, -0.1) is 0 Å². The van der Waals surface area contributed by atoms with Gasteiger partial charge in [-0.1, -0.05) is 56.3 Å². The molecule has 1 heterocycles. The zero-order valence-corrected chi connectivity index (χ0v) is 21.6. The van der Waals surface area contributed by atoms with Crippen molar-refractivity contribution in [2.24, 2.45) is 0 Å². The van der Waals surface area contributed by atoms with Crippen molar-refractivity contribution in [2.45, 2.75) is 77.5 Å².